The van der Waals surface area contributed by atoms with Gasteiger partial charge in [0.05, 0.1) is 30.3 Å². The van der Waals surface area contributed by atoms with Crippen molar-refractivity contribution in [1.82, 2.24) is 24.3 Å². The smallest absolute Gasteiger partial charge is 0.382 e. The summed E-state index contributed by atoms with van der Waals surface area (Å²) in [5.74, 6) is 0.0187. The van der Waals surface area contributed by atoms with Gasteiger partial charge in [-0.1, -0.05) is 19.9 Å². The molecule has 0 aliphatic heterocycles. The maximum atomic E-state index is 13.4. The lowest BCUT2D eigenvalue weighted by Gasteiger charge is -2.26. The molecule has 1 amide bonds. The normalized spacial score (nSPS) is 17.3. The Morgan fingerprint density at radius 3 is 2.74 bits per heavy atom. The van der Waals surface area contributed by atoms with Crippen molar-refractivity contribution in [3.8, 4) is 0 Å². The van der Waals surface area contributed by atoms with Crippen molar-refractivity contribution < 1.29 is 18.0 Å². The third-order valence-electron chi connectivity index (χ3n) is 6.32. The first-order chi connectivity index (χ1) is 15.9. The van der Waals surface area contributed by atoms with E-state index in [2.05, 4.69) is 15.0 Å². The molecule has 34 heavy (non-hydrogen) atoms. The van der Waals surface area contributed by atoms with Crippen molar-refractivity contribution in [1.29, 1.82) is 0 Å². The summed E-state index contributed by atoms with van der Waals surface area (Å²) in [5, 5.41) is 0. The molecule has 11 heteroatoms. The van der Waals surface area contributed by atoms with Crippen molar-refractivity contribution in [2.75, 3.05) is 12.8 Å². The Labute approximate surface area is 197 Å². The number of nitrogens with two attached hydrogens (primary N) is 1. The van der Waals surface area contributed by atoms with Gasteiger partial charge in [-0.05, 0) is 52.9 Å². The number of anilines is 1. The minimum Gasteiger partial charge on any atom is -0.382 e. The number of pyridine rings is 1. The summed E-state index contributed by atoms with van der Waals surface area (Å²) in [6, 6.07) is 6.11. The summed E-state index contributed by atoms with van der Waals surface area (Å²) >= 11 is -0.129. The Balaban J connectivity index is 1.50. The quantitative estimate of drug-likeness (QED) is 0.412. The van der Waals surface area contributed by atoms with Crippen molar-refractivity contribution in [2.45, 2.75) is 42.1 Å². The number of nitrogen functional groups attached to an aromatic ring is 1. The fourth-order valence-corrected chi connectivity index (χ4v) is 5.26. The Hall–Kier alpha value is -3.34. The number of nitrogens with zero attached hydrogens (tertiary/aromatic N) is 5. The summed E-state index contributed by atoms with van der Waals surface area (Å²) < 4.78 is 40.4. The van der Waals surface area contributed by atoms with Crippen LogP contribution in [-0.2, 0) is 5.41 Å². The van der Waals surface area contributed by atoms with E-state index in [4.69, 9.17) is 5.73 Å². The van der Waals surface area contributed by atoms with Crippen LogP contribution in [-0.4, -0.2) is 42.7 Å². The van der Waals surface area contributed by atoms with Crippen LogP contribution in [0.1, 0.15) is 47.9 Å². The number of rotatable bonds is 3. The minimum absolute atomic E-state index is 0.129. The number of aromatic nitrogens is 4. The first-order valence-electron chi connectivity index (χ1n) is 10.5. The van der Waals surface area contributed by atoms with E-state index in [0.29, 0.717) is 28.8 Å². The van der Waals surface area contributed by atoms with Gasteiger partial charge in [-0.25, -0.2) is 15.0 Å². The van der Waals surface area contributed by atoms with Crippen molar-refractivity contribution in [3.63, 3.8) is 0 Å². The summed E-state index contributed by atoms with van der Waals surface area (Å²) in [4.78, 5) is 27.9. The van der Waals surface area contributed by atoms with Gasteiger partial charge in [0.15, 0.2) is 0 Å². The predicted molar refractivity (Wildman–Crippen MR) is 124 cm³/mol. The number of halogens is 3. The van der Waals surface area contributed by atoms with Crippen LogP contribution in [0.4, 0.5) is 19.0 Å². The molecule has 0 unspecified atom stereocenters. The Morgan fingerprint density at radius 2 is 2.00 bits per heavy atom. The molecule has 0 fully saturated rings. The highest BCUT2D eigenvalue weighted by molar-refractivity contribution is 8.00. The van der Waals surface area contributed by atoms with E-state index in [1.807, 2.05) is 13.8 Å². The molecule has 4 aromatic rings. The monoisotopic (exact) mass is 486 g/mol. The predicted octanol–water partition coefficient (Wildman–Crippen LogP) is 4.97. The molecule has 1 aliphatic carbocycles. The van der Waals surface area contributed by atoms with Gasteiger partial charge in [-0.15, -0.1) is 0 Å². The minimum atomic E-state index is -4.36. The third-order valence-corrected chi connectivity index (χ3v) is 7.04. The maximum Gasteiger partial charge on any atom is 0.446 e. The van der Waals surface area contributed by atoms with Gasteiger partial charge in [-0.3, -0.25) is 9.20 Å². The van der Waals surface area contributed by atoms with E-state index in [1.165, 1.54) is 12.3 Å². The molecule has 0 spiro atoms. The Bertz CT molecular complexity index is 1450. The van der Waals surface area contributed by atoms with Crippen LogP contribution in [0.25, 0.3) is 16.6 Å². The lowest BCUT2D eigenvalue weighted by atomic mass is 9.86. The highest BCUT2D eigenvalue weighted by Crippen LogP contribution is 2.49. The molecule has 5 rings (SSSR count). The van der Waals surface area contributed by atoms with Crippen molar-refractivity contribution >= 4 is 40.0 Å². The molecule has 1 atom stereocenters. The molecule has 176 valence electrons. The van der Waals surface area contributed by atoms with Crippen LogP contribution in [0.2, 0.25) is 0 Å². The molecule has 1 aliphatic rings. The number of hydrogen-bond donors (Lipinski definition) is 1. The SMILES string of the molecule is CN(C(=O)c1cc2c(cn1)nc(N)c1cncn12)[C@@H]1CC(C)(C)c2cc(SC(F)(F)F)ccc21. The molecule has 3 aromatic heterocycles. The summed E-state index contributed by atoms with van der Waals surface area (Å²) in [6.07, 6.45) is 5.28. The lowest BCUT2D eigenvalue weighted by molar-refractivity contribution is -0.0328. The first-order valence-corrected chi connectivity index (χ1v) is 11.3. The van der Waals surface area contributed by atoms with Gasteiger partial charge < -0.3 is 10.6 Å². The van der Waals surface area contributed by atoms with Gasteiger partial charge in [0.25, 0.3) is 5.91 Å². The number of benzene rings is 1. The zero-order chi connectivity index (χ0) is 24.4. The van der Waals surface area contributed by atoms with E-state index in [-0.39, 0.29) is 34.3 Å². The van der Waals surface area contributed by atoms with Crippen LogP contribution < -0.4 is 5.73 Å². The van der Waals surface area contributed by atoms with Crippen molar-refractivity contribution in [3.05, 3.63) is 59.8 Å². The number of imidazole rings is 1. The molecule has 2 N–H and O–H groups in total. The topological polar surface area (TPSA) is 89.4 Å². The molecule has 7 nitrogen and oxygen atoms in total. The van der Waals surface area contributed by atoms with E-state index in [0.717, 1.165) is 11.1 Å². The Morgan fingerprint density at radius 1 is 1.24 bits per heavy atom. The molecule has 0 saturated carbocycles. The molecule has 1 aromatic carbocycles. The average Bonchev–Trinajstić information content (AvgIpc) is 3.35. The number of alkyl halides is 3. The standard InChI is InChI=1S/C23H21F3N6OS/c1-22(2)8-18(13-5-4-12(6-14(13)22)34-23(24,25)26)31(3)21(33)15-7-17-16(9-29-15)30-20(27)19-10-28-11-32(17)19/h4-7,9-11,18H,8H2,1-3H3,(H2,27,30)/t18-/m1/s1. The zero-order valence-corrected chi connectivity index (χ0v) is 19.4. The fourth-order valence-electron chi connectivity index (χ4n) is 4.68. The second-order valence-electron chi connectivity index (χ2n) is 9.02. The van der Waals surface area contributed by atoms with Gasteiger partial charge in [0.2, 0.25) is 0 Å². The molecular formula is C23H21F3N6OS. The second kappa shape index (κ2) is 7.59. The second-order valence-corrected chi connectivity index (χ2v) is 10.2. The number of hydrogen-bond acceptors (Lipinski definition) is 6. The van der Waals surface area contributed by atoms with Crippen LogP contribution in [0.3, 0.4) is 0 Å². The average molecular weight is 487 g/mol. The summed E-state index contributed by atoms with van der Waals surface area (Å²) in [5.41, 5.74) is 4.93. The van der Waals surface area contributed by atoms with Crippen LogP contribution in [0, 0.1) is 0 Å². The van der Waals surface area contributed by atoms with Crippen molar-refractivity contribution in [2.24, 2.45) is 0 Å². The third kappa shape index (κ3) is 3.73. The highest BCUT2D eigenvalue weighted by atomic mass is 32.2. The number of fused-ring (bicyclic) bond motifs is 4. The van der Waals surface area contributed by atoms with Gasteiger partial charge in [-0.2, -0.15) is 13.2 Å². The molecule has 0 radical (unpaired) electrons. The molecule has 0 bridgehead atoms. The summed E-state index contributed by atoms with van der Waals surface area (Å²) in [7, 11) is 1.69. The van der Waals surface area contributed by atoms with Gasteiger partial charge in [0.1, 0.15) is 22.5 Å². The number of carbonyl (C=O) groups is 1. The first kappa shape index (κ1) is 22.5. The van der Waals surface area contributed by atoms with E-state index in [9.17, 15) is 18.0 Å². The van der Waals surface area contributed by atoms with Crippen LogP contribution in [0.15, 0.2) is 47.9 Å². The van der Waals surface area contributed by atoms with E-state index < -0.39 is 10.9 Å². The lowest BCUT2D eigenvalue weighted by Crippen LogP contribution is -2.31. The van der Waals surface area contributed by atoms with Crippen LogP contribution >= 0.6 is 11.8 Å². The largest absolute Gasteiger partial charge is 0.446 e. The summed E-state index contributed by atoms with van der Waals surface area (Å²) in [6.45, 7) is 3.96. The maximum absolute atomic E-state index is 13.4. The molecular weight excluding hydrogens is 465 g/mol. The Kier molecular flexibility index (Phi) is 5.01. The van der Waals surface area contributed by atoms with Gasteiger partial charge >= 0.3 is 5.51 Å². The van der Waals surface area contributed by atoms with E-state index >= 15 is 0 Å². The van der Waals surface area contributed by atoms with E-state index in [1.54, 1.807) is 47.1 Å². The highest BCUT2D eigenvalue weighted by Gasteiger charge is 2.41. The molecule has 3 heterocycles. The fraction of sp³-hybridized carbons (Fsp3) is 0.304. The zero-order valence-electron chi connectivity index (χ0n) is 18.6. The van der Waals surface area contributed by atoms with Crippen LogP contribution in [0.5, 0.6) is 0 Å². The van der Waals surface area contributed by atoms with Gasteiger partial charge in [0, 0.05) is 11.9 Å². The number of carbonyl (C=O) groups excluding carboxylic acids is 1. The number of amides is 1. The number of thioether (sulfide) groups is 1. The molecule has 0 saturated heterocycles.